The summed E-state index contributed by atoms with van der Waals surface area (Å²) in [6, 6.07) is 3.14. The Labute approximate surface area is 118 Å². The Balaban J connectivity index is 2.43. The minimum Gasteiger partial charge on any atom is -0.491 e. The third kappa shape index (κ3) is 5.07. The Kier molecular flexibility index (Phi) is 6.83. The highest BCUT2D eigenvalue weighted by molar-refractivity contribution is 5.95. The molecule has 0 aliphatic carbocycles. The molecule has 3 N–H and O–H groups in total. The summed E-state index contributed by atoms with van der Waals surface area (Å²) in [5.74, 6) is -0.582. The maximum absolute atomic E-state index is 11.0. The molecule has 1 rings (SSSR count). The predicted molar refractivity (Wildman–Crippen MR) is 75.4 cm³/mol. The molecule has 0 aliphatic heterocycles. The fraction of sp³-hybridized carbons (Fsp3) is 0.500. The zero-order chi connectivity index (χ0) is 15.0. The summed E-state index contributed by atoms with van der Waals surface area (Å²) in [5.41, 5.74) is 6.70. The molecule has 6 heteroatoms. The fourth-order valence-electron chi connectivity index (χ4n) is 1.65. The number of methoxy groups -OCH3 is 1. The summed E-state index contributed by atoms with van der Waals surface area (Å²) in [7, 11) is 1.65. The van der Waals surface area contributed by atoms with Crippen molar-refractivity contribution in [2.24, 2.45) is 0 Å². The lowest BCUT2D eigenvalue weighted by Gasteiger charge is -2.11. The Morgan fingerprint density at radius 1 is 1.25 bits per heavy atom. The molecule has 0 aromatic heterocycles. The first kappa shape index (κ1) is 16.3. The van der Waals surface area contributed by atoms with Gasteiger partial charge in [0, 0.05) is 26.0 Å². The SMILES string of the molecule is COCCCOCCOc1cc(C)c(N)c(C(=O)O)c1. The predicted octanol–water partition coefficient (Wildman–Crippen LogP) is 1.71. The van der Waals surface area contributed by atoms with Crippen molar-refractivity contribution in [3.63, 3.8) is 0 Å². The van der Waals surface area contributed by atoms with Gasteiger partial charge in [0.25, 0.3) is 0 Å². The van der Waals surface area contributed by atoms with Crippen LogP contribution in [0.2, 0.25) is 0 Å². The number of nitrogen functional groups attached to an aromatic ring is 1. The average molecular weight is 283 g/mol. The van der Waals surface area contributed by atoms with Gasteiger partial charge < -0.3 is 25.1 Å². The molecule has 0 saturated heterocycles. The van der Waals surface area contributed by atoms with Gasteiger partial charge in [-0.1, -0.05) is 0 Å². The fourth-order valence-corrected chi connectivity index (χ4v) is 1.65. The Bertz CT molecular complexity index is 447. The van der Waals surface area contributed by atoms with Crippen molar-refractivity contribution in [1.82, 2.24) is 0 Å². The molecule has 0 heterocycles. The molecule has 1 aromatic carbocycles. The smallest absolute Gasteiger partial charge is 0.337 e. The van der Waals surface area contributed by atoms with Gasteiger partial charge in [0.2, 0.25) is 0 Å². The van der Waals surface area contributed by atoms with Crippen molar-refractivity contribution in [1.29, 1.82) is 0 Å². The Morgan fingerprint density at radius 2 is 2.00 bits per heavy atom. The van der Waals surface area contributed by atoms with Crippen LogP contribution in [0.3, 0.4) is 0 Å². The van der Waals surface area contributed by atoms with Crippen molar-refractivity contribution >= 4 is 11.7 Å². The second-order valence-electron chi connectivity index (χ2n) is 4.31. The molecule has 0 aliphatic rings. The third-order valence-corrected chi connectivity index (χ3v) is 2.72. The van der Waals surface area contributed by atoms with Gasteiger partial charge in [-0.15, -0.1) is 0 Å². The number of benzene rings is 1. The molecule has 0 unspecified atom stereocenters. The summed E-state index contributed by atoms with van der Waals surface area (Å²) < 4.78 is 15.7. The second-order valence-corrected chi connectivity index (χ2v) is 4.31. The van der Waals surface area contributed by atoms with E-state index >= 15 is 0 Å². The van der Waals surface area contributed by atoms with Crippen molar-refractivity contribution < 1.29 is 24.1 Å². The van der Waals surface area contributed by atoms with E-state index in [4.69, 9.17) is 25.1 Å². The van der Waals surface area contributed by atoms with Gasteiger partial charge in [-0.25, -0.2) is 4.79 Å². The highest BCUT2D eigenvalue weighted by Gasteiger charge is 2.12. The van der Waals surface area contributed by atoms with Crippen LogP contribution in [0, 0.1) is 6.92 Å². The molecular weight excluding hydrogens is 262 g/mol. The lowest BCUT2D eigenvalue weighted by Crippen LogP contribution is -2.10. The number of rotatable bonds is 9. The highest BCUT2D eigenvalue weighted by atomic mass is 16.5. The maximum atomic E-state index is 11.0. The summed E-state index contributed by atoms with van der Waals surface area (Å²) in [4.78, 5) is 11.0. The number of aromatic carboxylic acids is 1. The van der Waals surface area contributed by atoms with Gasteiger partial charge in [0.05, 0.1) is 12.2 Å². The molecule has 0 atom stereocenters. The monoisotopic (exact) mass is 283 g/mol. The molecule has 0 radical (unpaired) electrons. The zero-order valence-corrected chi connectivity index (χ0v) is 11.8. The van der Waals surface area contributed by atoms with E-state index in [9.17, 15) is 4.79 Å². The van der Waals surface area contributed by atoms with Crippen molar-refractivity contribution in [2.75, 3.05) is 39.3 Å². The number of hydrogen-bond acceptors (Lipinski definition) is 5. The summed E-state index contributed by atoms with van der Waals surface area (Å²) in [5, 5.41) is 9.03. The number of carbonyl (C=O) groups is 1. The van der Waals surface area contributed by atoms with Gasteiger partial charge in [0.15, 0.2) is 0 Å². The highest BCUT2D eigenvalue weighted by Crippen LogP contribution is 2.24. The van der Waals surface area contributed by atoms with E-state index in [0.717, 1.165) is 6.42 Å². The van der Waals surface area contributed by atoms with Crippen LogP contribution in [0.5, 0.6) is 5.75 Å². The maximum Gasteiger partial charge on any atom is 0.337 e. The van der Waals surface area contributed by atoms with E-state index in [-0.39, 0.29) is 11.3 Å². The molecule has 112 valence electrons. The number of nitrogens with two attached hydrogens (primary N) is 1. The minimum absolute atomic E-state index is 0.0565. The number of ether oxygens (including phenoxy) is 3. The van der Waals surface area contributed by atoms with E-state index in [1.165, 1.54) is 6.07 Å². The van der Waals surface area contributed by atoms with Gasteiger partial charge in [-0.05, 0) is 31.0 Å². The number of anilines is 1. The zero-order valence-electron chi connectivity index (χ0n) is 11.8. The molecule has 0 spiro atoms. The summed E-state index contributed by atoms with van der Waals surface area (Å²) >= 11 is 0. The molecule has 0 amide bonds. The van der Waals surface area contributed by atoms with E-state index in [0.29, 0.717) is 37.7 Å². The summed E-state index contributed by atoms with van der Waals surface area (Å²) in [6.07, 6.45) is 0.834. The molecule has 1 aromatic rings. The van der Waals surface area contributed by atoms with Crippen molar-refractivity contribution in [3.05, 3.63) is 23.3 Å². The molecule has 6 nitrogen and oxygen atoms in total. The van der Waals surface area contributed by atoms with Crippen LogP contribution in [-0.2, 0) is 9.47 Å². The molecule has 0 bridgehead atoms. The van der Waals surface area contributed by atoms with Crippen LogP contribution >= 0.6 is 0 Å². The van der Waals surface area contributed by atoms with Crippen molar-refractivity contribution in [3.8, 4) is 5.75 Å². The second kappa shape index (κ2) is 8.39. The van der Waals surface area contributed by atoms with Gasteiger partial charge in [-0.3, -0.25) is 0 Å². The molecular formula is C14H21NO5. The number of carboxylic acids is 1. The van der Waals surface area contributed by atoms with Crippen LogP contribution in [0.4, 0.5) is 5.69 Å². The molecule has 0 saturated carbocycles. The van der Waals surface area contributed by atoms with E-state index in [2.05, 4.69) is 0 Å². The lowest BCUT2D eigenvalue weighted by molar-refractivity contribution is 0.0696. The van der Waals surface area contributed by atoms with E-state index in [1.54, 1.807) is 20.1 Å². The lowest BCUT2D eigenvalue weighted by atomic mass is 10.1. The standard InChI is InChI=1S/C14H21NO5/c1-10-8-11(9-12(13(10)15)14(16)17)20-7-6-19-5-3-4-18-2/h8-9H,3-7,15H2,1-2H3,(H,16,17). The Morgan fingerprint density at radius 3 is 2.65 bits per heavy atom. The topological polar surface area (TPSA) is 91.0 Å². The van der Waals surface area contributed by atoms with Gasteiger partial charge in [0.1, 0.15) is 12.4 Å². The number of hydrogen-bond donors (Lipinski definition) is 2. The van der Waals surface area contributed by atoms with Crippen LogP contribution in [0.1, 0.15) is 22.3 Å². The van der Waals surface area contributed by atoms with E-state index in [1.807, 2.05) is 0 Å². The first-order chi connectivity index (χ1) is 9.56. The van der Waals surface area contributed by atoms with Crippen molar-refractivity contribution in [2.45, 2.75) is 13.3 Å². The first-order valence-electron chi connectivity index (χ1n) is 6.39. The third-order valence-electron chi connectivity index (χ3n) is 2.72. The largest absolute Gasteiger partial charge is 0.491 e. The van der Waals surface area contributed by atoms with Crippen LogP contribution in [0.15, 0.2) is 12.1 Å². The quantitative estimate of drug-likeness (QED) is 0.529. The van der Waals surface area contributed by atoms with Crippen LogP contribution in [-0.4, -0.2) is 44.6 Å². The minimum atomic E-state index is -1.06. The van der Waals surface area contributed by atoms with Crippen LogP contribution in [0.25, 0.3) is 0 Å². The average Bonchev–Trinajstić information content (AvgIpc) is 2.41. The summed E-state index contributed by atoms with van der Waals surface area (Å²) in [6.45, 7) is 3.82. The number of aryl methyl sites for hydroxylation is 1. The van der Waals surface area contributed by atoms with Gasteiger partial charge in [-0.2, -0.15) is 0 Å². The number of carboxylic acid groups (broad SMARTS) is 1. The van der Waals surface area contributed by atoms with E-state index < -0.39 is 5.97 Å². The molecule has 0 fully saturated rings. The van der Waals surface area contributed by atoms with Crippen LogP contribution < -0.4 is 10.5 Å². The first-order valence-corrected chi connectivity index (χ1v) is 6.39. The molecule has 20 heavy (non-hydrogen) atoms. The van der Waals surface area contributed by atoms with Gasteiger partial charge >= 0.3 is 5.97 Å². The Hall–Kier alpha value is -1.79. The normalized spacial score (nSPS) is 10.5.